The van der Waals surface area contributed by atoms with Crippen LogP contribution in [0.15, 0.2) is 18.2 Å². The molecular weight excluding hydrogens is 234 g/mol. The summed E-state index contributed by atoms with van der Waals surface area (Å²) in [5.74, 6) is 0.483. The van der Waals surface area contributed by atoms with Crippen molar-refractivity contribution in [2.45, 2.75) is 58.4 Å². The molecule has 0 bridgehead atoms. The monoisotopic (exact) mass is 261 g/mol. The quantitative estimate of drug-likeness (QED) is 0.872. The minimum Gasteiger partial charge on any atom is -0.508 e. The number of benzene rings is 1. The number of rotatable bonds is 5. The van der Waals surface area contributed by atoms with Gasteiger partial charge in [0.1, 0.15) is 5.75 Å². The molecule has 0 aliphatic heterocycles. The summed E-state index contributed by atoms with van der Waals surface area (Å²) in [7, 11) is 0. The highest BCUT2D eigenvalue weighted by Crippen LogP contribution is 2.37. The molecule has 0 aromatic heterocycles. The largest absolute Gasteiger partial charge is 0.508 e. The Morgan fingerprint density at radius 3 is 2.53 bits per heavy atom. The highest BCUT2D eigenvalue weighted by molar-refractivity contribution is 5.42. The first-order chi connectivity index (χ1) is 9.10. The first kappa shape index (κ1) is 14.4. The molecule has 1 N–H and O–H groups in total. The van der Waals surface area contributed by atoms with Crippen LogP contribution in [0.3, 0.4) is 0 Å². The van der Waals surface area contributed by atoms with Crippen LogP contribution < -0.4 is 0 Å². The molecule has 2 nitrogen and oxygen atoms in total. The zero-order chi connectivity index (χ0) is 13.9. The van der Waals surface area contributed by atoms with Gasteiger partial charge in [0.15, 0.2) is 0 Å². The Labute approximate surface area is 117 Å². The predicted molar refractivity (Wildman–Crippen MR) is 80.7 cm³/mol. The number of aryl methyl sites for hydroxylation is 1. The summed E-state index contributed by atoms with van der Waals surface area (Å²) in [4.78, 5) is 2.63. The minimum absolute atomic E-state index is 0.206. The van der Waals surface area contributed by atoms with E-state index in [1.165, 1.54) is 30.4 Å². The molecule has 1 aliphatic rings. The molecule has 0 saturated heterocycles. The first-order valence-corrected chi connectivity index (χ1v) is 7.65. The van der Waals surface area contributed by atoms with Gasteiger partial charge in [-0.05, 0) is 69.3 Å². The standard InChI is InChI=1S/C17H27NO/c1-4-11-18(12-5-2)17(3)10-9-14-7-6-8-16(19)15(14)13-17/h6-8,19H,4-5,9-13H2,1-3H3/t17-/m0/s1. The lowest BCUT2D eigenvalue weighted by atomic mass is 9.77. The van der Waals surface area contributed by atoms with E-state index in [4.69, 9.17) is 0 Å². The maximum atomic E-state index is 10.1. The molecule has 19 heavy (non-hydrogen) atoms. The number of aromatic hydroxyl groups is 1. The summed E-state index contributed by atoms with van der Waals surface area (Å²) in [5, 5.41) is 10.1. The summed E-state index contributed by atoms with van der Waals surface area (Å²) >= 11 is 0. The Morgan fingerprint density at radius 1 is 1.21 bits per heavy atom. The zero-order valence-corrected chi connectivity index (χ0v) is 12.6. The second-order valence-electron chi connectivity index (χ2n) is 6.08. The topological polar surface area (TPSA) is 23.5 Å². The van der Waals surface area contributed by atoms with E-state index in [2.05, 4.69) is 31.7 Å². The van der Waals surface area contributed by atoms with Crippen molar-refractivity contribution in [3.05, 3.63) is 29.3 Å². The van der Waals surface area contributed by atoms with Gasteiger partial charge in [-0.2, -0.15) is 0 Å². The maximum absolute atomic E-state index is 10.1. The van der Waals surface area contributed by atoms with Crippen molar-refractivity contribution in [1.82, 2.24) is 4.90 Å². The lowest BCUT2D eigenvalue weighted by molar-refractivity contribution is 0.0876. The third kappa shape index (κ3) is 2.94. The van der Waals surface area contributed by atoms with Crippen molar-refractivity contribution < 1.29 is 5.11 Å². The van der Waals surface area contributed by atoms with Crippen molar-refractivity contribution in [3.63, 3.8) is 0 Å². The Morgan fingerprint density at radius 2 is 1.89 bits per heavy atom. The Balaban J connectivity index is 2.24. The van der Waals surface area contributed by atoms with Crippen LogP contribution in [0.2, 0.25) is 0 Å². The van der Waals surface area contributed by atoms with Crippen LogP contribution in [-0.2, 0) is 12.8 Å². The molecular formula is C17H27NO. The maximum Gasteiger partial charge on any atom is 0.119 e. The van der Waals surface area contributed by atoms with E-state index in [1.54, 1.807) is 0 Å². The van der Waals surface area contributed by atoms with Gasteiger partial charge in [-0.3, -0.25) is 4.90 Å². The molecule has 2 rings (SSSR count). The highest BCUT2D eigenvalue weighted by Gasteiger charge is 2.35. The van der Waals surface area contributed by atoms with E-state index in [-0.39, 0.29) is 5.54 Å². The number of hydrogen-bond acceptors (Lipinski definition) is 2. The van der Waals surface area contributed by atoms with Crippen LogP contribution in [0, 0.1) is 0 Å². The van der Waals surface area contributed by atoms with Crippen molar-refractivity contribution in [2.75, 3.05) is 13.1 Å². The van der Waals surface area contributed by atoms with Gasteiger partial charge in [0.05, 0.1) is 0 Å². The van der Waals surface area contributed by atoms with Crippen LogP contribution in [0.1, 0.15) is 51.2 Å². The average Bonchev–Trinajstić information content (AvgIpc) is 2.40. The summed E-state index contributed by atoms with van der Waals surface area (Å²) in [6, 6.07) is 5.96. The van der Waals surface area contributed by atoms with E-state index < -0.39 is 0 Å². The summed E-state index contributed by atoms with van der Waals surface area (Å²) in [6.07, 6.45) is 5.66. The molecule has 1 atom stereocenters. The molecule has 1 aromatic rings. The van der Waals surface area contributed by atoms with Crippen LogP contribution in [-0.4, -0.2) is 28.6 Å². The second kappa shape index (κ2) is 5.96. The fraction of sp³-hybridized carbons (Fsp3) is 0.647. The Bertz CT molecular complexity index is 423. The molecule has 0 amide bonds. The van der Waals surface area contributed by atoms with E-state index in [1.807, 2.05) is 12.1 Å². The fourth-order valence-corrected chi connectivity index (χ4v) is 3.39. The third-order valence-corrected chi connectivity index (χ3v) is 4.49. The third-order valence-electron chi connectivity index (χ3n) is 4.49. The van der Waals surface area contributed by atoms with Crippen LogP contribution in [0.25, 0.3) is 0 Å². The number of phenolic OH excluding ortho intramolecular Hbond substituents is 1. The number of fused-ring (bicyclic) bond motifs is 1. The number of hydrogen-bond donors (Lipinski definition) is 1. The normalized spacial score (nSPS) is 22.5. The summed E-state index contributed by atoms with van der Waals surface area (Å²) in [5.41, 5.74) is 2.72. The molecule has 0 unspecified atom stereocenters. The molecule has 0 heterocycles. The summed E-state index contributed by atoms with van der Waals surface area (Å²) < 4.78 is 0. The molecule has 0 radical (unpaired) electrons. The smallest absolute Gasteiger partial charge is 0.119 e. The van der Waals surface area contributed by atoms with Gasteiger partial charge in [0, 0.05) is 5.54 Å². The molecule has 106 valence electrons. The van der Waals surface area contributed by atoms with Crippen molar-refractivity contribution in [2.24, 2.45) is 0 Å². The van der Waals surface area contributed by atoms with E-state index in [9.17, 15) is 5.11 Å². The van der Waals surface area contributed by atoms with E-state index in [0.717, 1.165) is 25.9 Å². The summed E-state index contributed by atoms with van der Waals surface area (Å²) in [6.45, 7) is 9.19. The average molecular weight is 261 g/mol. The molecule has 0 saturated carbocycles. The molecule has 1 aromatic carbocycles. The fourth-order valence-electron chi connectivity index (χ4n) is 3.39. The zero-order valence-electron chi connectivity index (χ0n) is 12.6. The van der Waals surface area contributed by atoms with Gasteiger partial charge in [0.25, 0.3) is 0 Å². The van der Waals surface area contributed by atoms with Crippen LogP contribution in [0.4, 0.5) is 0 Å². The highest BCUT2D eigenvalue weighted by atomic mass is 16.3. The first-order valence-electron chi connectivity index (χ1n) is 7.65. The Kier molecular flexibility index (Phi) is 4.51. The molecule has 0 fully saturated rings. The second-order valence-corrected chi connectivity index (χ2v) is 6.08. The van der Waals surface area contributed by atoms with Gasteiger partial charge >= 0.3 is 0 Å². The predicted octanol–water partition coefficient (Wildman–Crippen LogP) is 3.76. The van der Waals surface area contributed by atoms with Gasteiger partial charge in [-0.1, -0.05) is 26.0 Å². The Hall–Kier alpha value is -1.02. The lowest BCUT2D eigenvalue weighted by Gasteiger charge is -2.44. The lowest BCUT2D eigenvalue weighted by Crippen LogP contribution is -2.50. The van der Waals surface area contributed by atoms with Crippen molar-refractivity contribution in [3.8, 4) is 5.75 Å². The van der Waals surface area contributed by atoms with Crippen molar-refractivity contribution >= 4 is 0 Å². The van der Waals surface area contributed by atoms with Crippen LogP contribution in [0.5, 0.6) is 5.75 Å². The molecule has 0 spiro atoms. The van der Waals surface area contributed by atoms with Crippen molar-refractivity contribution in [1.29, 1.82) is 0 Å². The van der Waals surface area contributed by atoms with E-state index in [0.29, 0.717) is 5.75 Å². The SMILES string of the molecule is CCCN(CCC)[C@@]1(C)CCc2cccc(O)c2C1. The van der Waals surface area contributed by atoms with E-state index >= 15 is 0 Å². The number of phenols is 1. The van der Waals surface area contributed by atoms with Gasteiger partial charge in [-0.15, -0.1) is 0 Å². The molecule has 2 heteroatoms. The van der Waals surface area contributed by atoms with Gasteiger partial charge < -0.3 is 5.11 Å². The van der Waals surface area contributed by atoms with Gasteiger partial charge in [-0.25, -0.2) is 0 Å². The number of nitrogens with zero attached hydrogens (tertiary/aromatic N) is 1. The van der Waals surface area contributed by atoms with Crippen LogP contribution >= 0.6 is 0 Å². The minimum atomic E-state index is 0.206. The van der Waals surface area contributed by atoms with Gasteiger partial charge in [0.2, 0.25) is 0 Å². The molecule has 1 aliphatic carbocycles.